The van der Waals surface area contributed by atoms with Crippen molar-refractivity contribution in [2.24, 2.45) is 11.7 Å². The Balaban J connectivity index is 2.30. The van der Waals surface area contributed by atoms with Gasteiger partial charge in [0.25, 0.3) is 0 Å². The van der Waals surface area contributed by atoms with Crippen LogP contribution in [0.3, 0.4) is 0 Å². The highest BCUT2D eigenvalue weighted by Crippen LogP contribution is 2.10. The molecule has 0 spiro atoms. The first-order chi connectivity index (χ1) is 9.04. The smallest absolute Gasteiger partial charge is 0.244 e. The third-order valence-electron chi connectivity index (χ3n) is 3.68. The molecule has 1 heterocycles. The normalized spacial score (nSPS) is 18.8. The van der Waals surface area contributed by atoms with Crippen molar-refractivity contribution in [2.45, 2.75) is 52.0 Å². The van der Waals surface area contributed by atoms with Crippen molar-refractivity contribution >= 4 is 11.8 Å². The van der Waals surface area contributed by atoms with Gasteiger partial charge in [0.15, 0.2) is 0 Å². The lowest BCUT2D eigenvalue weighted by Gasteiger charge is -2.29. The van der Waals surface area contributed by atoms with E-state index in [9.17, 15) is 9.59 Å². The van der Waals surface area contributed by atoms with E-state index in [0.29, 0.717) is 18.9 Å². The van der Waals surface area contributed by atoms with Crippen molar-refractivity contribution < 1.29 is 9.59 Å². The first-order valence-corrected chi connectivity index (χ1v) is 7.32. The predicted molar refractivity (Wildman–Crippen MR) is 75.5 cm³/mol. The van der Waals surface area contributed by atoms with Gasteiger partial charge in [-0.05, 0) is 45.1 Å². The molecular formula is C14H27N3O2. The van der Waals surface area contributed by atoms with E-state index in [1.807, 2.05) is 11.8 Å². The molecule has 1 aliphatic rings. The zero-order valence-electron chi connectivity index (χ0n) is 12.2. The second-order valence-electron chi connectivity index (χ2n) is 5.55. The minimum Gasteiger partial charge on any atom is -0.345 e. The van der Waals surface area contributed by atoms with Crippen LogP contribution >= 0.6 is 0 Å². The molecule has 0 aromatic carbocycles. The summed E-state index contributed by atoms with van der Waals surface area (Å²) >= 11 is 0. The van der Waals surface area contributed by atoms with E-state index < -0.39 is 6.04 Å². The van der Waals surface area contributed by atoms with Crippen molar-refractivity contribution in [3.63, 3.8) is 0 Å². The molecule has 3 N–H and O–H groups in total. The highest BCUT2D eigenvalue weighted by molar-refractivity contribution is 5.87. The van der Waals surface area contributed by atoms with Crippen molar-refractivity contribution in [3.8, 4) is 0 Å². The number of piperidine rings is 1. The summed E-state index contributed by atoms with van der Waals surface area (Å²) in [6.45, 7) is 6.03. The minimum absolute atomic E-state index is 0.0416. The molecule has 0 saturated carbocycles. The Bertz CT molecular complexity index is 301. The number of nitrogens with two attached hydrogens (primary N) is 1. The van der Waals surface area contributed by atoms with Gasteiger partial charge in [0.1, 0.15) is 6.04 Å². The molecule has 110 valence electrons. The number of carbonyl (C=O) groups excluding carboxylic acids is 2. The fraction of sp³-hybridized carbons (Fsp3) is 0.857. The van der Waals surface area contributed by atoms with Gasteiger partial charge < -0.3 is 16.0 Å². The van der Waals surface area contributed by atoms with Crippen LogP contribution in [-0.2, 0) is 9.59 Å². The Labute approximate surface area is 115 Å². The summed E-state index contributed by atoms with van der Waals surface area (Å²) in [5.74, 6) is 0.330. The van der Waals surface area contributed by atoms with Crippen LogP contribution in [0, 0.1) is 5.92 Å². The van der Waals surface area contributed by atoms with E-state index in [1.54, 1.807) is 6.92 Å². The third-order valence-corrected chi connectivity index (χ3v) is 3.68. The van der Waals surface area contributed by atoms with E-state index in [1.165, 1.54) is 6.42 Å². The lowest BCUT2D eigenvalue weighted by Crippen LogP contribution is -2.48. The van der Waals surface area contributed by atoms with Gasteiger partial charge in [-0.2, -0.15) is 0 Å². The van der Waals surface area contributed by atoms with Gasteiger partial charge in [0.2, 0.25) is 11.8 Å². The topological polar surface area (TPSA) is 75.4 Å². The van der Waals surface area contributed by atoms with Crippen LogP contribution in [0.1, 0.15) is 46.0 Å². The van der Waals surface area contributed by atoms with Crippen LogP contribution in [0.4, 0.5) is 0 Å². The minimum atomic E-state index is -0.418. The second kappa shape index (κ2) is 8.15. The van der Waals surface area contributed by atoms with E-state index in [4.69, 9.17) is 5.73 Å². The van der Waals surface area contributed by atoms with Gasteiger partial charge in [0, 0.05) is 19.5 Å². The van der Waals surface area contributed by atoms with Gasteiger partial charge in [-0.15, -0.1) is 0 Å². The Morgan fingerprint density at radius 2 is 1.84 bits per heavy atom. The van der Waals surface area contributed by atoms with Crippen LogP contribution in [0.25, 0.3) is 0 Å². The van der Waals surface area contributed by atoms with Crippen molar-refractivity contribution in [1.82, 2.24) is 10.2 Å². The first kappa shape index (κ1) is 16.0. The number of nitrogens with one attached hydrogen (secondary N) is 1. The highest BCUT2D eigenvalue weighted by Gasteiger charge is 2.23. The molecule has 5 heteroatoms. The molecule has 1 aliphatic heterocycles. The number of carbonyl (C=O) groups is 2. The Morgan fingerprint density at radius 3 is 2.42 bits per heavy atom. The van der Waals surface area contributed by atoms with Gasteiger partial charge >= 0.3 is 0 Å². The molecule has 2 amide bonds. The molecule has 2 unspecified atom stereocenters. The molecule has 0 radical (unpaired) electrons. The molecule has 1 rings (SSSR count). The van der Waals surface area contributed by atoms with Gasteiger partial charge in [-0.25, -0.2) is 0 Å². The summed E-state index contributed by atoms with van der Waals surface area (Å²) < 4.78 is 0. The molecule has 19 heavy (non-hydrogen) atoms. The maximum atomic E-state index is 12.1. The predicted octanol–water partition coefficient (Wildman–Crippen LogP) is 0.879. The van der Waals surface area contributed by atoms with Crippen molar-refractivity contribution in [1.29, 1.82) is 0 Å². The summed E-state index contributed by atoms with van der Waals surface area (Å²) in [6.07, 6.45) is 4.55. The lowest BCUT2D eigenvalue weighted by atomic mass is 10.1. The number of nitrogens with zero attached hydrogens (tertiary/aromatic N) is 1. The SMILES string of the molecule is CC(CN)CCC(=O)NC(C)C(=O)N1CCCCC1. The van der Waals surface area contributed by atoms with Crippen LogP contribution in [0.2, 0.25) is 0 Å². The summed E-state index contributed by atoms with van der Waals surface area (Å²) in [7, 11) is 0. The van der Waals surface area contributed by atoms with Gasteiger partial charge in [0.05, 0.1) is 0 Å². The van der Waals surface area contributed by atoms with Gasteiger partial charge in [-0.3, -0.25) is 9.59 Å². The summed E-state index contributed by atoms with van der Waals surface area (Å²) in [6, 6.07) is -0.418. The van der Waals surface area contributed by atoms with E-state index >= 15 is 0 Å². The standard InChI is InChI=1S/C14H27N3O2/c1-11(10-15)6-7-13(18)16-12(2)14(19)17-8-4-3-5-9-17/h11-12H,3-10,15H2,1-2H3,(H,16,18). The molecule has 0 aromatic heterocycles. The third kappa shape index (κ3) is 5.59. The largest absolute Gasteiger partial charge is 0.345 e. The summed E-state index contributed by atoms with van der Waals surface area (Å²) in [5.41, 5.74) is 5.51. The molecule has 5 nitrogen and oxygen atoms in total. The highest BCUT2D eigenvalue weighted by atomic mass is 16.2. The van der Waals surface area contributed by atoms with E-state index in [-0.39, 0.29) is 11.8 Å². The molecule has 0 aliphatic carbocycles. The molecule has 2 atom stereocenters. The number of amides is 2. The quantitative estimate of drug-likeness (QED) is 0.751. The number of hydrogen-bond donors (Lipinski definition) is 2. The van der Waals surface area contributed by atoms with Crippen molar-refractivity contribution in [2.75, 3.05) is 19.6 Å². The van der Waals surface area contributed by atoms with Crippen molar-refractivity contribution in [3.05, 3.63) is 0 Å². The van der Waals surface area contributed by atoms with Crippen LogP contribution in [-0.4, -0.2) is 42.4 Å². The summed E-state index contributed by atoms with van der Waals surface area (Å²) in [5, 5.41) is 2.79. The molecule has 0 aromatic rings. The Kier molecular flexibility index (Phi) is 6.84. The fourth-order valence-electron chi connectivity index (χ4n) is 2.26. The summed E-state index contributed by atoms with van der Waals surface area (Å²) in [4.78, 5) is 25.7. The Hall–Kier alpha value is -1.10. The number of rotatable bonds is 6. The van der Waals surface area contributed by atoms with E-state index in [0.717, 1.165) is 32.4 Å². The zero-order chi connectivity index (χ0) is 14.3. The molecular weight excluding hydrogens is 242 g/mol. The molecule has 0 bridgehead atoms. The maximum Gasteiger partial charge on any atom is 0.244 e. The second-order valence-corrected chi connectivity index (χ2v) is 5.55. The molecule has 1 saturated heterocycles. The number of likely N-dealkylation sites (tertiary alicyclic amines) is 1. The number of hydrogen-bond acceptors (Lipinski definition) is 3. The average molecular weight is 269 g/mol. The zero-order valence-corrected chi connectivity index (χ0v) is 12.2. The first-order valence-electron chi connectivity index (χ1n) is 7.32. The average Bonchev–Trinajstić information content (AvgIpc) is 2.44. The monoisotopic (exact) mass is 269 g/mol. The van der Waals surface area contributed by atoms with Gasteiger partial charge in [-0.1, -0.05) is 6.92 Å². The van der Waals surface area contributed by atoms with Crippen LogP contribution < -0.4 is 11.1 Å². The van der Waals surface area contributed by atoms with E-state index in [2.05, 4.69) is 5.32 Å². The molecule has 1 fully saturated rings. The fourth-order valence-corrected chi connectivity index (χ4v) is 2.26. The van der Waals surface area contributed by atoms with Crippen LogP contribution in [0.15, 0.2) is 0 Å². The maximum absolute atomic E-state index is 12.1. The van der Waals surface area contributed by atoms with Crippen LogP contribution in [0.5, 0.6) is 0 Å². The Morgan fingerprint density at radius 1 is 1.21 bits per heavy atom. The lowest BCUT2D eigenvalue weighted by molar-refractivity contribution is -0.136.